The van der Waals surface area contributed by atoms with Crippen molar-refractivity contribution in [2.24, 2.45) is 0 Å². The van der Waals surface area contributed by atoms with Crippen LogP contribution in [0.1, 0.15) is 36.2 Å². The van der Waals surface area contributed by atoms with Crippen molar-refractivity contribution in [2.75, 3.05) is 12.3 Å². The highest BCUT2D eigenvalue weighted by molar-refractivity contribution is 5.51. The van der Waals surface area contributed by atoms with E-state index in [-0.39, 0.29) is 0 Å². The average molecular weight is 272 g/mol. The van der Waals surface area contributed by atoms with Crippen LogP contribution in [0.2, 0.25) is 0 Å². The van der Waals surface area contributed by atoms with Gasteiger partial charge in [0, 0.05) is 25.2 Å². The van der Waals surface area contributed by atoms with Crippen LogP contribution in [-0.2, 0) is 25.9 Å². The first kappa shape index (κ1) is 13.1. The molecule has 0 aliphatic carbocycles. The van der Waals surface area contributed by atoms with Gasteiger partial charge in [0.2, 0.25) is 5.89 Å². The number of anilines is 1. The molecule has 1 aromatic carbocycles. The maximum atomic E-state index is 6.02. The van der Waals surface area contributed by atoms with Gasteiger partial charge in [0.15, 0.2) is 5.82 Å². The molecular weight excluding hydrogens is 252 g/mol. The Morgan fingerprint density at radius 2 is 2.30 bits per heavy atom. The SMILES string of the molecule is CCCc1nc(CN2CCc3c(N)cccc3C2)no1. The number of aryl methyl sites for hydroxylation is 1. The Kier molecular flexibility index (Phi) is 3.69. The van der Waals surface area contributed by atoms with Gasteiger partial charge < -0.3 is 10.3 Å². The number of fused-ring (bicyclic) bond motifs is 1. The Balaban J connectivity index is 1.68. The van der Waals surface area contributed by atoms with E-state index in [1.54, 1.807) is 0 Å². The Labute approximate surface area is 118 Å². The molecule has 3 rings (SSSR count). The summed E-state index contributed by atoms with van der Waals surface area (Å²) in [5.74, 6) is 1.52. The molecule has 0 spiro atoms. The molecule has 0 fully saturated rings. The largest absolute Gasteiger partial charge is 0.398 e. The second kappa shape index (κ2) is 5.63. The molecule has 1 aliphatic heterocycles. The van der Waals surface area contributed by atoms with E-state index in [9.17, 15) is 0 Å². The lowest BCUT2D eigenvalue weighted by molar-refractivity contribution is 0.235. The summed E-state index contributed by atoms with van der Waals surface area (Å²) in [6.07, 6.45) is 2.87. The molecule has 0 saturated heterocycles. The summed E-state index contributed by atoms with van der Waals surface area (Å²) in [6, 6.07) is 6.15. The maximum absolute atomic E-state index is 6.02. The Hall–Kier alpha value is -1.88. The zero-order valence-corrected chi connectivity index (χ0v) is 11.8. The van der Waals surface area contributed by atoms with Crippen molar-refractivity contribution in [3.63, 3.8) is 0 Å². The van der Waals surface area contributed by atoms with Gasteiger partial charge in [-0.05, 0) is 30.0 Å². The van der Waals surface area contributed by atoms with Crippen molar-refractivity contribution < 1.29 is 4.52 Å². The van der Waals surface area contributed by atoms with Crippen LogP contribution in [0.5, 0.6) is 0 Å². The summed E-state index contributed by atoms with van der Waals surface area (Å²) in [7, 11) is 0. The summed E-state index contributed by atoms with van der Waals surface area (Å²) < 4.78 is 5.23. The minimum Gasteiger partial charge on any atom is -0.398 e. The summed E-state index contributed by atoms with van der Waals surface area (Å²) in [6.45, 7) is 4.73. The van der Waals surface area contributed by atoms with Crippen LogP contribution >= 0.6 is 0 Å². The van der Waals surface area contributed by atoms with Gasteiger partial charge in [-0.2, -0.15) is 4.98 Å². The Bertz CT molecular complexity index is 593. The third-order valence-corrected chi connectivity index (χ3v) is 3.72. The van der Waals surface area contributed by atoms with E-state index in [4.69, 9.17) is 10.3 Å². The fraction of sp³-hybridized carbons (Fsp3) is 0.467. The van der Waals surface area contributed by atoms with Crippen LogP contribution < -0.4 is 5.73 Å². The number of nitrogens with zero attached hydrogens (tertiary/aromatic N) is 3. The van der Waals surface area contributed by atoms with E-state index in [1.807, 2.05) is 12.1 Å². The highest BCUT2D eigenvalue weighted by Gasteiger charge is 2.19. The first-order chi connectivity index (χ1) is 9.76. The van der Waals surface area contributed by atoms with Gasteiger partial charge in [-0.25, -0.2) is 0 Å². The smallest absolute Gasteiger partial charge is 0.226 e. The fourth-order valence-corrected chi connectivity index (χ4v) is 2.70. The van der Waals surface area contributed by atoms with E-state index in [2.05, 4.69) is 28.0 Å². The van der Waals surface area contributed by atoms with Crippen LogP contribution in [0.3, 0.4) is 0 Å². The molecule has 0 radical (unpaired) electrons. The first-order valence-corrected chi connectivity index (χ1v) is 7.16. The van der Waals surface area contributed by atoms with Crippen molar-refractivity contribution in [3.05, 3.63) is 41.0 Å². The Morgan fingerprint density at radius 3 is 3.15 bits per heavy atom. The number of benzene rings is 1. The van der Waals surface area contributed by atoms with Crippen LogP contribution in [0, 0.1) is 0 Å². The predicted molar refractivity (Wildman–Crippen MR) is 77.0 cm³/mol. The van der Waals surface area contributed by atoms with Gasteiger partial charge in [-0.3, -0.25) is 4.90 Å². The minimum atomic E-state index is 0.738. The first-order valence-electron chi connectivity index (χ1n) is 7.16. The van der Waals surface area contributed by atoms with Crippen LogP contribution in [-0.4, -0.2) is 21.6 Å². The molecule has 5 heteroatoms. The van der Waals surface area contributed by atoms with E-state index >= 15 is 0 Å². The lowest BCUT2D eigenvalue weighted by Crippen LogP contribution is -2.30. The van der Waals surface area contributed by atoms with E-state index < -0.39 is 0 Å². The van der Waals surface area contributed by atoms with Gasteiger partial charge in [-0.15, -0.1) is 0 Å². The fourth-order valence-electron chi connectivity index (χ4n) is 2.70. The number of hydrogen-bond acceptors (Lipinski definition) is 5. The number of rotatable bonds is 4. The molecule has 106 valence electrons. The maximum Gasteiger partial charge on any atom is 0.226 e. The van der Waals surface area contributed by atoms with Crippen LogP contribution in [0.4, 0.5) is 5.69 Å². The van der Waals surface area contributed by atoms with Crippen molar-refractivity contribution in [1.29, 1.82) is 0 Å². The topological polar surface area (TPSA) is 68.2 Å². The molecule has 1 aliphatic rings. The molecule has 0 bridgehead atoms. The molecule has 2 N–H and O–H groups in total. The lowest BCUT2D eigenvalue weighted by Gasteiger charge is -2.28. The van der Waals surface area contributed by atoms with Gasteiger partial charge in [0.05, 0.1) is 6.54 Å². The van der Waals surface area contributed by atoms with Crippen molar-refractivity contribution >= 4 is 5.69 Å². The molecule has 1 aromatic heterocycles. The van der Waals surface area contributed by atoms with Gasteiger partial charge in [0.1, 0.15) is 0 Å². The van der Waals surface area contributed by atoms with Gasteiger partial charge in [0.25, 0.3) is 0 Å². The Morgan fingerprint density at radius 1 is 1.40 bits per heavy atom. The molecule has 0 saturated carbocycles. The minimum absolute atomic E-state index is 0.738. The quantitative estimate of drug-likeness (QED) is 0.864. The number of nitrogens with two attached hydrogens (primary N) is 1. The third kappa shape index (κ3) is 2.67. The normalized spacial score (nSPS) is 15.2. The number of aromatic nitrogens is 2. The van der Waals surface area contributed by atoms with Gasteiger partial charge >= 0.3 is 0 Å². The van der Waals surface area contributed by atoms with Crippen LogP contribution in [0.15, 0.2) is 22.7 Å². The molecule has 0 atom stereocenters. The molecule has 0 amide bonds. The molecule has 2 heterocycles. The van der Waals surface area contributed by atoms with Crippen molar-refractivity contribution in [1.82, 2.24) is 15.0 Å². The van der Waals surface area contributed by atoms with E-state index in [0.29, 0.717) is 0 Å². The zero-order chi connectivity index (χ0) is 13.9. The number of hydrogen-bond donors (Lipinski definition) is 1. The van der Waals surface area contributed by atoms with Crippen molar-refractivity contribution in [2.45, 2.75) is 39.3 Å². The molecule has 5 nitrogen and oxygen atoms in total. The monoisotopic (exact) mass is 272 g/mol. The molecule has 0 unspecified atom stereocenters. The number of nitrogen functional groups attached to an aromatic ring is 1. The predicted octanol–water partition coefficient (Wildman–Crippen LogP) is 2.16. The third-order valence-electron chi connectivity index (χ3n) is 3.72. The zero-order valence-electron chi connectivity index (χ0n) is 11.8. The lowest BCUT2D eigenvalue weighted by atomic mass is 9.98. The summed E-state index contributed by atoms with van der Waals surface area (Å²) in [5, 5.41) is 4.05. The van der Waals surface area contributed by atoms with Crippen LogP contribution in [0.25, 0.3) is 0 Å². The average Bonchev–Trinajstić information content (AvgIpc) is 2.87. The van der Waals surface area contributed by atoms with Crippen molar-refractivity contribution in [3.8, 4) is 0 Å². The standard InChI is InChI=1S/C15H20N4O/c1-2-4-15-17-14(18-20-15)10-19-8-7-12-11(9-19)5-3-6-13(12)16/h3,5-6H,2,4,7-10,16H2,1H3. The highest BCUT2D eigenvalue weighted by atomic mass is 16.5. The van der Waals surface area contributed by atoms with E-state index in [0.717, 1.165) is 56.3 Å². The summed E-state index contributed by atoms with van der Waals surface area (Å²) in [4.78, 5) is 6.76. The van der Waals surface area contributed by atoms with E-state index in [1.165, 1.54) is 11.1 Å². The summed E-state index contributed by atoms with van der Waals surface area (Å²) in [5.41, 5.74) is 9.54. The molecular formula is C15H20N4O. The summed E-state index contributed by atoms with van der Waals surface area (Å²) >= 11 is 0. The van der Waals surface area contributed by atoms with Gasteiger partial charge in [-0.1, -0.05) is 24.2 Å². The highest BCUT2D eigenvalue weighted by Crippen LogP contribution is 2.24. The second-order valence-electron chi connectivity index (χ2n) is 5.30. The molecule has 20 heavy (non-hydrogen) atoms. The second-order valence-corrected chi connectivity index (χ2v) is 5.30. The molecule has 2 aromatic rings.